The molecule has 0 saturated carbocycles. The Labute approximate surface area is 125 Å². The lowest BCUT2D eigenvalue weighted by molar-refractivity contribution is 0.0990. The van der Waals surface area contributed by atoms with Crippen LogP contribution in [0.3, 0.4) is 0 Å². The van der Waals surface area contributed by atoms with Crippen LogP contribution in [-0.2, 0) is 0 Å². The van der Waals surface area contributed by atoms with E-state index in [1.54, 1.807) is 43.4 Å². The summed E-state index contributed by atoms with van der Waals surface area (Å²) in [6.07, 6.45) is 0. The van der Waals surface area contributed by atoms with E-state index >= 15 is 0 Å². The number of anilines is 2. The van der Waals surface area contributed by atoms with Gasteiger partial charge in [-0.2, -0.15) is 0 Å². The number of benzene rings is 2. The van der Waals surface area contributed by atoms with Gasteiger partial charge in [-0.15, -0.1) is 0 Å². The molecule has 19 heavy (non-hydrogen) atoms. The Morgan fingerprint density at radius 1 is 1.21 bits per heavy atom. The number of carbonyl (C=O) groups is 1. The highest BCUT2D eigenvalue weighted by Crippen LogP contribution is 2.24. The second-order valence-corrected chi connectivity index (χ2v) is 5.36. The number of carbonyl (C=O) groups excluding carboxylic acids is 1. The lowest BCUT2D eigenvalue weighted by Crippen LogP contribution is -2.26. The number of hydrogen-bond acceptors (Lipinski definition) is 3. The van der Waals surface area contributed by atoms with E-state index in [1.807, 2.05) is 0 Å². The van der Waals surface area contributed by atoms with Gasteiger partial charge in [-0.05, 0) is 65.1 Å². The smallest absolute Gasteiger partial charge is 0.261 e. The number of rotatable bonds is 2. The molecule has 0 aliphatic carbocycles. The van der Waals surface area contributed by atoms with Crippen molar-refractivity contribution >= 4 is 39.9 Å². The van der Waals surface area contributed by atoms with Crippen molar-refractivity contribution in [3.8, 4) is 5.75 Å². The molecular weight excluding hydrogens is 355 g/mol. The van der Waals surface area contributed by atoms with E-state index in [2.05, 4.69) is 22.6 Å². The molecule has 0 radical (unpaired) electrons. The van der Waals surface area contributed by atoms with Gasteiger partial charge < -0.3 is 15.7 Å². The molecule has 0 atom stereocenters. The van der Waals surface area contributed by atoms with E-state index in [1.165, 1.54) is 11.0 Å². The van der Waals surface area contributed by atoms with Crippen molar-refractivity contribution in [3.05, 3.63) is 51.6 Å². The Bertz CT molecular complexity index is 611. The summed E-state index contributed by atoms with van der Waals surface area (Å²) in [6.45, 7) is 0. The molecule has 0 saturated heterocycles. The van der Waals surface area contributed by atoms with Crippen molar-refractivity contribution in [2.24, 2.45) is 0 Å². The number of phenols is 1. The summed E-state index contributed by atoms with van der Waals surface area (Å²) in [4.78, 5) is 13.8. The molecule has 98 valence electrons. The van der Waals surface area contributed by atoms with Crippen LogP contribution in [-0.4, -0.2) is 18.1 Å². The second kappa shape index (κ2) is 5.48. The van der Waals surface area contributed by atoms with Gasteiger partial charge in [-0.3, -0.25) is 4.79 Å². The number of phenolic OH excluding ortho intramolecular Hbond substituents is 1. The summed E-state index contributed by atoms with van der Waals surface area (Å²) in [5.41, 5.74) is 7.26. The molecule has 0 aromatic heterocycles. The standard InChI is InChI=1S/C14H13IN2O2/c1-17(11-5-3-10(16)4-6-11)14(19)12-8-9(15)2-7-13(12)18/h2-8,18H,16H2,1H3. The fraction of sp³-hybridized carbons (Fsp3) is 0.0714. The fourth-order valence-corrected chi connectivity index (χ4v) is 2.17. The van der Waals surface area contributed by atoms with Crippen LogP contribution in [0.5, 0.6) is 5.75 Å². The van der Waals surface area contributed by atoms with Crippen LogP contribution >= 0.6 is 22.6 Å². The molecule has 0 heterocycles. The van der Waals surface area contributed by atoms with Crippen molar-refractivity contribution in [3.63, 3.8) is 0 Å². The Morgan fingerprint density at radius 2 is 1.84 bits per heavy atom. The molecule has 2 rings (SSSR count). The summed E-state index contributed by atoms with van der Waals surface area (Å²) in [6, 6.07) is 11.9. The summed E-state index contributed by atoms with van der Waals surface area (Å²) in [5, 5.41) is 9.77. The van der Waals surface area contributed by atoms with Gasteiger partial charge >= 0.3 is 0 Å². The van der Waals surface area contributed by atoms with E-state index in [0.717, 1.165) is 9.26 Å². The molecule has 2 aromatic rings. The van der Waals surface area contributed by atoms with Crippen molar-refractivity contribution in [1.29, 1.82) is 0 Å². The third-order valence-electron chi connectivity index (χ3n) is 2.77. The van der Waals surface area contributed by atoms with Crippen LogP contribution in [0.4, 0.5) is 11.4 Å². The van der Waals surface area contributed by atoms with Crippen molar-refractivity contribution in [2.75, 3.05) is 17.7 Å². The van der Waals surface area contributed by atoms with Crippen LogP contribution in [0.1, 0.15) is 10.4 Å². The summed E-state index contributed by atoms with van der Waals surface area (Å²) in [7, 11) is 1.66. The highest BCUT2D eigenvalue weighted by molar-refractivity contribution is 14.1. The molecule has 0 aliphatic heterocycles. The predicted molar refractivity (Wildman–Crippen MR) is 84.4 cm³/mol. The lowest BCUT2D eigenvalue weighted by Gasteiger charge is -2.18. The van der Waals surface area contributed by atoms with Crippen LogP contribution in [0.2, 0.25) is 0 Å². The molecule has 0 unspecified atom stereocenters. The third kappa shape index (κ3) is 2.98. The van der Waals surface area contributed by atoms with E-state index < -0.39 is 0 Å². The molecule has 1 amide bonds. The van der Waals surface area contributed by atoms with Crippen molar-refractivity contribution in [2.45, 2.75) is 0 Å². The van der Waals surface area contributed by atoms with Crippen molar-refractivity contribution < 1.29 is 9.90 Å². The Morgan fingerprint density at radius 3 is 2.47 bits per heavy atom. The highest BCUT2D eigenvalue weighted by atomic mass is 127. The van der Waals surface area contributed by atoms with Crippen LogP contribution in [0.15, 0.2) is 42.5 Å². The van der Waals surface area contributed by atoms with Crippen LogP contribution in [0, 0.1) is 3.57 Å². The molecule has 3 N–H and O–H groups in total. The molecule has 2 aromatic carbocycles. The molecular formula is C14H13IN2O2. The van der Waals surface area contributed by atoms with Gasteiger partial charge in [0.05, 0.1) is 5.56 Å². The predicted octanol–water partition coefficient (Wildman–Crippen LogP) is 2.86. The first-order chi connectivity index (χ1) is 8.99. The maximum atomic E-state index is 12.3. The molecule has 0 aliphatic rings. The Balaban J connectivity index is 2.33. The van der Waals surface area contributed by atoms with E-state index in [9.17, 15) is 9.90 Å². The van der Waals surface area contributed by atoms with Gasteiger partial charge in [0.1, 0.15) is 5.75 Å². The average Bonchev–Trinajstić information content (AvgIpc) is 2.41. The number of aromatic hydroxyl groups is 1. The van der Waals surface area contributed by atoms with Gasteiger partial charge in [0.15, 0.2) is 0 Å². The summed E-state index contributed by atoms with van der Waals surface area (Å²) in [5.74, 6) is -0.284. The Hall–Kier alpha value is -1.76. The zero-order valence-electron chi connectivity index (χ0n) is 10.3. The normalized spacial score (nSPS) is 10.2. The maximum Gasteiger partial charge on any atom is 0.261 e. The number of nitrogens with two attached hydrogens (primary N) is 1. The minimum Gasteiger partial charge on any atom is -0.507 e. The van der Waals surface area contributed by atoms with Gasteiger partial charge in [0.2, 0.25) is 0 Å². The number of hydrogen-bond donors (Lipinski definition) is 2. The molecule has 5 heteroatoms. The van der Waals surface area contributed by atoms with E-state index in [4.69, 9.17) is 5.73 Å². The largest absolute Gasteiger partial charge is 0.507 e. The monoisotopic (exact) mass is 368 g/mol. The number of amides is 1. The zero-order chi connectivity index (χ0) is 14.0. The second-order valence-electron chi connectivity index (χ2n) is 4.12. The topological polar surface area (TPSA) is 66.6 Å². The lowest BCUT2D eigenvalue weighted by atomic mass is 10.1. The first-order valence-corrected chi connectivity index (χ1v) is 6.69. The molecule has 4 nitrogen and oxygen atoms in total. The minimum atomic E-state index is -0.263. The molecule has 0 bridgehead atoms. The summed E-state index contributed by atoms with van der Waals surface area (Å²) < 4.78 is 0.893. The first kappa shape index (κ1) is 13.7. The zero-order valence-corrected chi connectivity index (χ0v) is 12.5. The van der Waals surface area contributed by atoms with Gasteiger partial charge in [-0.1, -0.05) is 0 Å². The SMILES string of the molecule is CN(C(=O)c1cc(I)ccc1O)c1ccc(N)cc1. The molecule has 0 fully saturated rings. The average molecular weight is 368 g/mol. The summed E-state index contributed by atoms with van der Waals surface area (Å²) >= 11 is 2.10. The minimum absolute atomic E-state index is 0.0206. The number of nitrogens with zero attached hydrogens (tertiary/aromatic N) is 1. The highest BCUT2D eigenvalue weighted by Gasteiger charge is 2.17. The van der Waals surface area contributed by atoms with Gasteiger partial charge in [0.25, 0.3) is 5.91 Å². The Kier molecular flexibility index (Phi) is 3.94. The number of nitrogen functional groups attached to an aromatic ring is 1. The fourth-order valence-electron chi connectivity index (χ4n) is 1.68. The number of halogens is 1. The third-order valence-corrected chi connectivity index (χ3v) is 3.45. The van der Waals surface area contributed by atoms with Gasteiger partial charge in [-0.25, -0.2) is 0 Å². The van der Waals surface area contributed by atoms with E-state index in [0.29, 0.717) is 5.69 Å². The first-order valence-electron chi connectivity index (χ1n) is 5.61. The quantitative estimate of drug-likeness (QED) is 0.633. The van der Waals surface area contributed by atoms with Crippen LogP contribution in [0.25, 0.3) is 0 Å². The molecule has 0 spiro atoms. The van der Waals surface area contributed by atoms with Gasteiger partial charge in [0, 0.05) is 22.0 Å². The maximum absolute atomic E-state index is 12.3. The van der Waals surface area contributed by atoms with Crippen LogP contribution < -0.4 is 10.6 Å². The van der Waals surface area contributed by atoms with E-state index in [-0.39, 0.29) is 17.2 Å². The van der Waals surface area contributed by atoms with Crippen molar-refractivity contribution in [1.82, 2.24) is 0 Å².